The van der Waals surface area contributed by atoms with Crippen molar-refractivity contribution in [2.45, 2.75) is 12.8 Å². The summed E-state index contributed by atoms with van der Waals surface area (Å²) in [6, 6.07) is 25.3. The molecule has 0 N–H and O–H groups in total. The molecule has 0 aliphatic heterocycles. The highest BCUT2D eigenvalue weighted by Gasteiger charge is 2.14. The quantitative estimate of drug-likeness (QED) is 0.500. The van der Waals surface area contributed by atoms with Crippen molar-refractivity contribution < 1.29 is 19.1 Å². The number of carbonyl (C=O) groups excluding carboxylic acids is 2. The Balaban J connectivity index is 1.64. The van der Waals surface area contributed by atoms with Crippen LogP contribution in [0.15, 0.2) is 84.9 Å². The van der Waals surface area contributed by atoms with Gasteiger partial charge in [0.15, 0.2) is 11.5 Å². The minimum Gasteiger partial charge on any atom is -0.422 e. The predicted molar refractivity (Wildman–Crippen MR) is 98.0 cm³/mol. The Morgan fingerprint density at radius 3 is 1.27 bits per heavy atom. The van der Waals surface area contributed by atoms with E-state index in [1.54, 1.807) is 24.3 Å². The Labute approximate surface area is 152 Å². The third kappa shape index (κ3) is 5.05. The molecular formula is C22H18O4. The van der Waals surface area contributed by atoms with E-state index < -0.39 is 11.9 Å². The van der Waals surface area contributed by atoms with Gasteiger partial charge in [0.25, 0.3) is 0 Å². The fraction of sp³-hybridized carbons (Fsp3) is 0.0909. The zero-order valence-electron chi connectivity index (χ0n) is 14.1. The molecule has 3 rings (SSSR count). The molecule has 0 aliphatic carbocycles. The second-order valence-corrected chi connectivity index (χ2v) is 5.72. The van der Waals surface area contributed by atoms with Gasteiger partial charge in [0, 0.05) is 0 Å². The van der Waals surface area contributed by atoms with Gasteiger partial charge in [-0.2, -0.15) is 0 Å². The molecule has 0 saturated heterocycles. The molecule has 130 valence electrons. The van der Waals surface area contributed by atoms with E-state index in [2.05, 4.69) is 0 Å². The maximum absolute atomic E-state index is 12.1. The molecule has 0 atom stereocenters. The van der Waals surface area contributed by atoms with Crippen molar-refractivity contribution in [3.05, 3.63) is 96.1 Å². The van der Waals surface area contributed by atoms with Gasteiger partial charge in [-0.25, -0.2) is 0 Å². The van der Waals surface area contributed by atoms with Crippen molar-refractivity contribution in [2.24, 2.45) is 0 Å². The molecule has 3 aromatic rings. The van der Waals surface area contributed by atoms with Crippen LogP contribution in [0.2, 0.25) is 0 Å². The zero-order valence-corrected chi connectivity index (χ0v) is 14.1. The monoisotopic (exact) mass is 346 g/mol. The number of carbonyl (C=O) groups is 2. The van der Waals surface area contributed by atoms with Gasteiger partial charge in [0.1, 0.15) is 0 Å². The van der Waals surface area contributed by atoms with E-state index >= 15 is 0 Å². The van der Waals surface area contributed by atoms with E-state index in [1.165, 1.54) is 0 Å². The lowest BCUT2D eigenvalue weighted by molar-refractivity contribution is -0.136. The molecule has 0 spiro atoms. The summed E-state index contributed by atoms with van der Waals surface area (Å²) >= 11 is 0. The first-order valence-corrected chi connectivity index (χ1v) is 8.29. The minimum atomic E-state index is -0.414. The Morgan fingerprint density at radius 2 is 0.885 bits per heavy atom. The summed E-state index contributed by atoms with van der Waals surface area (Å²) in [4.78, 5) is 24.3. The number of hydrogen-bond donors (Lipinski definition) is 0. The molecule has 0 bridgehead atoms. The van der Waals surface area contributed by atoms with Gasteiger partial charge in [0.05, 0.1) is 12.8 Å². The first kappa shape index (κ1) is 17.4. The average molecular weight is 346 g/mol. The summed E-state index contributed by atoms with van der Waals surface area (Å²) in [5.41, 5.74) is 1.71. The smallest absolute Gasteiger partial charge is 0.315 e. The SMILES string of the molecule is O=C(Cc1ccccc1)Oc1ccccc1OC(=O)Cc1ccccc1. The van der Waals surface area contributed by atoms with Crippen LogP contribution in [0.3, 0.4) is 0 Å². The predicted octanol–water partition coefficient (Wildman–Crippen LogP) is 3.98. The largest absolute Gasteiger partial charge is 0.422 e. The van der Waals surface area contributed by atoms with Crippen LogP contribution in [-0.4, -0.2) is 11.9 Å². The molecule has 4 heteroatoms. The minimum absolute atomic E-state index is 0.146. The Hall–Kier alpha value is -3.40. The molecule has 0 aliphatic rings. The molecule has 4 nitrogen and oxygen atoms in total. The molecule has 0 saturated carbocycles. The van der Waals surface area contributed by atoms with E-state index in [0.717, 1.165) is 11.1 Å². The van der Waals surface area contributed by atoms with Crippen LogP contribution >= 0.6 is 0 Å². The Kier molecular flexibility index (Phi) is 5.78. The third-order valence-corrected chi connectivity index (χ3v) is 3.68. The summed E-state index contributed by atoms with van der Waals surface area (Å²) in [5.74, 6) is -0.366. The summed E-state index contributed by atoms with van der Waals surface area (Å²) in [6.07, 6.45) is 0.292. The van der Waals surface area contributed by atoms with Crippen molar-refractivity contribution in [2.75, 3.05) is 0 Å². The lowest BCUT2D eigenvalue weighted by atomic mass is 10.1. The summed E-state index contributed by atoms with van der Waals surface area (Å²) in [5, 5.41) is 0. The Morgan fingerprint density at radius 1 is 0.538 bits per heavy atom. The standard InChI is InChI=1S/C22H18O4/c23-21(15-17-9-3-1-4-10-17)25-19-13-7-8-14-20(19)26-22(24)16-18-11-5-2-6-12-18/h1-14H,15-16H2. The van der Waals surface area contributed by atoms with E-state index in [9.17, 15) is 9.59 Å². The highest BCUT2D eigenvalue weighted by molar-refractivity contribution is 5.78. The average Bonchev–Trinajstić information content (AvgIpc) is 2.65. The lowest BCUT2D eigenvalue weighted by Crippen LogP contribution is -2.15. The molecule has 3 aromatic carbocycles. The van der Waals surface area contributed by atoms with Gasteiger partial charge in [0.2, 0.25) is 0 Å². The van der Waals surface area contributed by atoms with Crippen LogP contribution in [0.5, 0.6) is 11.5 Å². The van der Waals surface area contributed by atoms with Gasteiger partial charge in [-0.1, -0.05) is 72.8 Å². The van der Waals surface area contributed by atoms with Crippen molar-refractivity contribution in [1.82, 2.24) is 0 Å². The normalized spacial score (nSPS) is 10.2. The van der Waals surface area contributed by atoms with Crippen LogP contribution in [0.1, 0.15) is 11.1 Å². The van der Waals surface area contributed by atoms with Crippen LogP contribution in [0, 0.1) is 0 Å². The van der Waals surface area contributed by atoms with Crippen LogP contribution in [0.4, 0.5) is 0 Å². The lowest BCUT2D eigenvalue weighted by Gasteiger charge is -2.10. The fourth-order valence-electron chi connectivity index (χ4n) is 2.46. The summed E-state index contributed by atoms with van der Waals surface area (Å²) < 4.78 is 10.8. The molecule has 0 aromatic heterocycles. The number of para-hydroxylation sites is 2. The van der Waals surface area contributed by atoms with E-state index in [4.69, 9.17) is 9.47 Å². The van der Waals surface area contributed by atoms with Crippen molar-refractivity contribution in [3.8, 4) is 11.5 Å². The van der Waals surface area contributed by atoms with Crippen LogP contribution in [-0.2, 0) is 22.4 Å². The topological polar surface area (TPSA) is 52.6 Å². The molecular weight excluding hydrogens is 328 g/mol. The number of benzene rings is 3. The maximum Gasteiger partial charge on any atom is 0.315 e. The van der Waals surface area contributed by atoms with Crippen molar-refractivity contribution >= 4 is 11.9 Å². The fourth-order valence-corrected chi connectivity index (χ4v) is 2.46. The summed E-state index contributed by atoms with van der Waals surface area (Å²) in [7, 11) is 0. The highest BCUT2D eigenvalue weighted by atomic mass is 16.6. The van der Waals surface area contributed by atoms with Gasteiger partial charge in [-0.15, -0.1) is 0 Å². The molecule has 0 heterocycles. The second-order valence-electron chi connectivity index (χ2n) is 5.72. The van der Waals surface area contributed by atoms with Gasteiger partial charge in [-0.05, 0) is 23.3 Å². The van der Waals surface area contributed by atoms with Crippen LogP contribution in [0.25, 0.3) is 0 Å². The molecule has 26 heavy (non-hydrogen) atoms. The Bertz CT molecular complexity index is 798. The first-order chi connectivity index (χ1) is 12.7. The number of hydrogen-bond acceptors (Lipinski definition) is 4. The van der Waals surface area contributed by atoms with Crippen molar-refractivity contribution in [3.63, 3.8) is 0 Å². The highest BCUT2D eigenvalue weighted by Crippen LogP contribution is 2.27. The van der Waals surface area contributed by atoms with Crippen molar-refractivity contribution in [1.29, 1.82) is 0 Å². The second kappa shape index (κ2) is 8.62. The van der Waals surface area contributed by atoms with Gasteiger partial charge < -0.3 is 9.47 Å². The number of rotatable bonds is 6. The molecule has 0 fully saturated rings. The maximum atomic E-state index is 12.1. The molecule has 0 amide bonds. The number of esters is 2. The van der Waals surface area contributed by atoms with Crippen LogP contribution < -0.4 is 9.47 Å². The van der Waals surface area contributed by atoms with E-state index in [0.29, 0.717) is 0 Å². The molecule has 0 radical (unpaired) electrons. The van der Waals surface area contributed by atoms with E-state index in [1.807, 2.05) is 60.7 Å². The summed E-state index contributed by atoms with van der Waals surface area (Å²) in [6.45, 7) is 0. The van der Waals surface area contributed by atoms with E-state index in [-0.39, 0.29) is 24.3 Å². The van der Waals surface area contributed by atoms with Gasteiger partial charge >= 0.3 is 11.9 Å². The van der Waals surface area contributed by atoms with Gasteiger partial charge in [-0.3, -0.25) is 9.59 Å². The zero-order chi connectivity index (χ0) is 18.2. The number of ether oxygens (including phenoxy) is 2. The molecule has 0 unspecified atom stereocenters. The third-order valence-electron chi connectivity index (χ3n) is 3.68. The first-order valence-electron chi connectivity index (χ1n) is 8.29.